The van der Waals surface area contributed by atoms with Gasteiger partial charge in [0.2, 0.25) is 5.95 Å². The molecule has 1 N–H and O–H groups in total. The Morgan fingerprint density at radius 3 is 2.69 bits per heavy atom. The quantitative estimate of drug-likeness (QED) is 0.301. The van der Waals surface area contributed by atoms with Gasteiger partial charge in [-0.05, 0) is 12.1 Å². The molecule has 0 atom stereocenters. The Morgan fingerprint density at radius 1 is 1.19 bits per heavy atom. The van der Waals surface area contributed by atoms with Gasteiger partial charge in [-0.2, -0.15) is 18.2 Å². The van der Waals surface area contributed by atoms with Gasteiger partial charge in [-0.25, -0.2) is 4.98 Å². The van der Waals surface area contributed by atoms with Crippen molar-refractivity contribution in [2.75, 3.05) is 38.2 Å². The van der Waals surface area contributed by atoms with Crippen molar-refractivity contribution in [2.24, 2.45) is 14.1 Å². The molecular weight excluding hydrogens is 579 g/mol. The van der Waals surface area contributed by atoms with Gasteiger partial charge in [-0.1, -0.05) is 11.6 Å². The minimum Gasteiger partial charge on any atom is -0.454 e. The average Bonchev–Trinajstić information content (AvgIpc) is 3.27. The van der Waals surface area contributed by atoms with Gasteiger partial charge < -0.3 is 23.9 Å². The lowest BCUT2D eigenvalue weighted by Gasteiger charge is -2.26. The fourth-order valence-electron chi connectivity index (χ4n) is 4.51. The Labute approximate surface area is 242 Å². The van der Waals surface area contributed by atoms with E-state index in [4.69, 9.17) is 21.1 Å². The molecule has 0 saturated carbocycles. The summed E-state index contributed by atoms with van der Waals surface area (Å²) >= 11 is 6.64. The number of halogens is 4. The molecule has 11 nitrogen and oxygen atoms in total. The first-order valence-corrected chi connectivity index (χ1v) is 13.4. The second kappa shape index (κ2) is 12.1. The molecule has 0 aromatic carbocycles. The second-order valence-electron chi connectivity index (χ2n) is 9.79. The van der Waals surface area contributed by atoms with E-state index in [2.05, 4.69) is 25.2 Å². The van der Waals surface area contributed by atoms with Crippen LogP contribution in [0.2, 0.25) is 5.02 Å². The number of pyridine rings is 3. The summed E-state index contributed by atoms with van der Waals surface area (Å²) in [6.07, 6.45) is -0.481. The van der Waals surface area contributed by atoms with E-state index in [-0.39, 0.29) is 40.3 Å². The van der Waals surface area contributed by atoms with Crippen LogP contribution in [0.15, 0.2) is 41.6 Å². The van der Waals surface area contributed by atoms with Gasteiger partial charge in [-0.3, -0.25) is 19.5 Å². The van der Waals surface area contributed by atoms with Crippen molar-refractivity contribution in [2.45, 2.75) is 19.0 Å². The van der Waals surface area contributed by atoms with Crippen LogP contribution in [0.1, 0.15) is 17.7 Å². The van der Waals surface area contributed by atoms with Crippen LogP contribution >= 0.6 is 11.6 Å². The number of imidazole rings is 1. The zero-order valence-electron chi connectivity index (χ0n) is 22.7. The maximum absolute atomic E-state index is 13.3. The lowest BCUT2D eigenvalue weighted by Crippen LogP contribution is -2.37. The number of fused-ring (bicyclic) bond motifs is 1. The Hall–Kier alpha value is -4.01. The van der Waals surface area contributed by atoms with Crippen molar-refractivity contribution in [1.82, 2.24) is 29.0 Å². The first kappa shape index (κ1) is 29.5. The van der Waals surface area contributed by atoms with Crippen LogP contribution in [0.3, 0.4) is 0 Å². The monoisotopic (exact) mass is 605 g/mol. The largest absolute Gasteiger partial charge is 0.454 e. The summed E-state index contributed by atoms with van der Waals surface area (Å²) < 4.78 is 53.5. The van der Waals surface area contributed by atoms with Crippen LogP contribution in [0.4, 0.5) is 24.8 Å². The third-order valence-electron chi connectivity index (χ3n) is 6.77. The third kappa shape index (κ3) is 6.55. The summed E-state index contributed by atoms with van der Waals surface area (Å²) in [4.78, 5) is 40.1. The molecule has 1 fully saturated rings. The van der Waals surface area contributed by atoms with E-state index in [0.717, 1.165) is 29.9 Å². The fourth-order valence-corrected chi connectivity index (χ4v) is 4.81. The van der Waals surface area contributed by atoms with E-state index < -0.39 is 17.3 Å². The molecule has 0 radical (unpaired) electrons. The predicted molar refractivity (Wildman–Crippen MR) is 148 cm³/mol. The minimum atomic E-state index is -4.64. The molecule has 0 amide bonds. The number of ketones is 1. The van der Waals surface area contributed by atoms with E-state index >= 15 is 0 Å². The maximum Gasteiger partial charge on any atom is 0.417 e. The van der Waals surface area contributed by atoms with Crippen molar-refractivity contribution in [3.63, 3.8) is 0 Å². The van der Waals surface area contributed by atoms with E-state index in [1.54, 1.807) is 19.2 Å². The highest BCUT2D eigenvalue weighted by atomic mass is 35.5. The lowest BCUT2D eigenvalue weighted by atomic mass is 10.1. The highest BCUT2D eigenvalue weighted by Crippen LogP contribution is 2.36. The van der Waals surface area contributed by atoms with Crippen molar-refractivity contribution in [3.8, 4) is 11.5 Å². The summed E-state index contributed by atoms with van der Waals surface area (Å²) in [7, 11) is 2.80. The molecule has 0 aliphatic carbocycles. The van der Waals surface area contributed by atoms with Crippen molar-refractivity contribution in [1.29, 1.82) is 0 Å². The standard InChI is InChI=1S/C27H27ClF3N7O4/c1-36-15-16(27(29,30)31)11-20(25(36)40)34-26-35-24-23(37(26)2)22(28)21(14-33-24)42-19-3-5-32-17(13-19)12-18(39)4-6-38-7-9-41-10-8-38/h3,5,11,13-15H,4,6-10,12H2,1-2H3,(H,33,34,35). The normalized spacial score (nSPS) is 14.3. The van der Waals surface area contributed by atoms with Crippen LogP contribution in [0.5, 0.6) is 11.5 Å². The van der Waals surface area contributed by atoms with E-state index in [1.165, 1.54) is 24.0 Å². The Bertz CT molecular complexity index is 1680. The van der Waals surface area contributed by atoms with Crippen LogP contribution in [-0.4, -0.2) is 67.6 Å². The van der Waals surface area contributed by atoms with Crippen LogP contribution in [0, 0.1) is 0 Å². The summed E-state index contributed by atoms with van der Waals surface area (Å²) in [5.74, 6) is 0.675. The molecule has 4 aromatic rings. The third-order valence-corrected chi connectivity index (χ3v) is 7.13. The topological polar surface area (TPSA) is 116 Å². The van der Waals surface area contributed by atoms with E-state index in [9.17, 15) is 22.8 Å². The zero-order chi connectivity index (χ0) is 30.0. The molecule has 15 heteroatoms. The summed E-state index contributed by atoms with van der Waals surface area (Å²) in [6.45, 7) is 3.64. The molecule has 222 valence electrons. The Balaban J connectivity index is 1.32. The maximum atomic E-state index is 13.3. The van der Waals surface area contributed by atoms with Gasteiger partial charge in [0.05, 0.1) is 30.7 Å². The molecule has 1 saturated heterocycles. The first-order valence-electron chi connectivity index (χ1n) is 13.0. The number of morpholine rings is 1. The smallest absolute Gasteiger partial charge is 0.417 e. The first-order chi connectivity index (χ1) is 20.0. The molecule has 0 bridgehead atoms. The number of anilines is 2. The fraction of sp³-hybridized carbons (Fsp3) is 0.370. The molecule has 5 heterocycles. The summed E-state index contributed by atoms with van der Waals surface area (Å²) in [5.41, 5.74) is -0.934. The second-order valence-corrected chi connectivity index (χ2v) is 10.2. The molecule has 42 heavy (non-hydrogen) atoms. The number of ether oxygens (including phenoxy) is 2. The SMILES string of the molecule is Cn1cc(C(F)(F)F)cc(Nc2nc3ncc(Oc4ccnc(CC(=O)CCN5CCOCC5)c4)c(Cl)c3n2C)c1=O. The summed E-state index contributed by atoms with van der Waals surface area (Å²) in [5, 5.41) is 2.80. The zero-order valence-corrected chi connectivity index (χ0v) is 23.5. The number of carbonyl (C=O) groups is 1. The number of alkyl halides is 3. The molecule has 0 spiro atoms. The Morgan fingerprint density at radius 2 is 1.95 bits per heavy atom. The Kier molecular flexibility index (Phi) is 8.48. The van der Waals surface area contributed by atoms with Gasteiger partial charge in [0, 0.05) is 65.0 Å². The predicted octanol–water partition coefficient (Wildman–Crippen LogP) is 4.10. The van der Waals surface area contributed by atoms with Crippen molar-refractivity contribution < 1.29 is 27.4 Å². The van der Waals surface area contributed by atoms with Crippen molar-refractivity contribution in [3.05, 3.63) is 63.4 Å². The highest BCUT2D eigenvalue weighted by Gasteiger charge is 2.32. The minimum absolute atomic E-state index is 0.0507. The van der Waals surface area contributed by atoms with Gasteiger partial charge in [-0.15, -0.1) is 0 Å². The molecule has 5 rings (SSSR count). The van der Waals surface area contributed by atoms with Gasteiger partial charge >= 0.3 is 6.18 Å². The van der Waals surface area contributed by atoms with Gasteiger partial charge in [0.15, 0.2) is 11.4 Å². The van der Waals surface area contributed by atoms with E-state index in [1.807, 2.05) is 0 Å². The average molecular weight is 606 g/mol. The summed E-state index contributed by atoms with van der Waals surface area (Å²) in [6, 6.07) is 3.98. The van der Waals surface area contributed by atoms with Crippen LogP contribution < -0.4 is 15.6 Å². The van der Waals surface area contributed by atoms with Crippen LogP contribution in [0.25, 0.3) is 11.2 Å². The number of hydrogen-bond acceptors (Lipinski definition) is 9. The van der Waals surface area contributed by atoms with Gasteiger partial charge in [0.25, 0.3) is 5.56 Å². The van der Waals surface area contributed by atoms with Gasteiger partial charge in [0.1, 0.15) is 27.8 Å². The number of nitrogens with one attached hydrogen (secondary N) is 1. The van der Waals surface area contributed by atoms with E-state index in [0.29, 0.717) is 43.1 Å². The highest BCUT2D eigenvalue weighted by molar-refractivity contribution is 6.36. The number of Topliss-reactive ketones (excluding diaryl/α,β-unsaturated/α-hetero) is 1. The number of nitrogens with zero attached hydrogens (tertiary/aromatic N) is 6. The number of rotatable bonds is 9. The molecular formula is C27H27ClF3N7O4. The van der Waals surface area contributed by atoms with Crippen molar-refractivity contribution >= 4 is 40.2 Å². The number of aromatic nitrogens is 5. The number of carbonyl (C=O) groups excluding carboxylic acids is 1. The number of aryl methyl sites for hydroxylation is 2. The molecule has 1 aliphatic heterocycles. The molecule has 1 aliphatic rings. The lowest BCUT2D eigenvalue weighted by molar-refractivity contribution is -0.138. The molecule has 4 aromatic heterocycles. The number of hydrogen-bond donors (Lipinski definition) is 1. The molecule has 0 unspecified atom stereocenters. The van der Waals surface area contributed by atoms with Crippen LogP contribution in [-0.2, 0) is 36.2 Å².